The van der Waals surface area contributed by atoms with E-state index in [-0.39, 0.29) is 0 Å². The van der Waals surface area contributed by atoms with Crippen molar-refractivity contribution in [1.29, 1.82) is 0 Å². The van der Waals surface area contributed by atoms with E-state index in [1.807, 2.05) is 40.0 Å². The number of aryl methyl sites for hydroxylation is 3. The summed E-state index contributed by atoms with van der Waals surface area (Å²) in [5.41, 5.74) is -0.250. The molecule has 2 rings (SSSR count). The lowest BCUT2D eigenvalue weighted by Crippen LogP contribution is -2.44. The lowest BCUT2D eigenvalue weighted by Gasteiger charge is -2.24. The SMILES string of the molecule is CCNC(=NCc1cnc(C)s1)NCC(C)(O)c1cc(C)oc1C. The van der Waals surface area contributed by atoms with E-state index in [4.69, 9.17) is 4.42 Å². The van der Waals surface area contributed by atoms with Crippen LogP contribution in [0.1, 0.15) is 40.8 Å². The summed E-state index contributed by atoms with van der Waals surface area (Å²) in [6.45, 7) is 11.1. The summed E-state index contributed by atoms with van der Waals surface area (Å²) >= 11 is 1.64. The summed E-state index contributed by atoms with van der Waals surface area (Å²) in [7, 11) is 0. The van der Waals surface area contributed by atoms with Gasteiger partial charge in [0.2, 0.25) is 0 Å². The van der Waals surface area contributed by atoms with Crippen molar-refractivity contribution in [3.05, 3.63) is 39.2 Å². The van der Waals surface area contributed by atoms with Gasteiger partial charge in [0.25, 0.3) is 0 Å². The Balaban J connectivity index is 2.03. The van der Waals surface area contributed by atoms with Gasteiger partial charge in [-0.05, 0) is 40.7 Å². The highest BCUT2D eigenvalue weighted by Crippen LogP contribution is 2.26. The average molecular weight is 350 g/mol. The first-order valence-electron chi connectivity index (χ1n) is 8.05. The van der Waals surface area contributed by atoms with Gasteiger partial charge in [0.15, 0.2) is 5.96 Å². The first-order chi connectivity index (χ1) is 11.3. The summed E-state index contributed by atoms with van der Waals surface area (Å²) < 4.78 is 5.52. The van der Waals surface area contributed by atoms with Crippen LogP contribution in [0.3, 0.4) is 0 Å². The van der Waals surface area contributed by atoms with Crippen LogP contribution in [-0.2, 0) is 12.1 Å². The zero-order chi connectivity index (χ0) is 17.7. The van der Waals surface area contributed by atoms with Crippen LogP contribution in [-0.4, -0.2) is 29.1 Å². The van der Waals surface area contributed by atoms with Crippen LogP contribution in [0.4, 0.5) is 0 Å². The van der Waals surface area contributed by atoms with Crippen LogP contribution in [0.15, 0.2) is 21.7 Å². The molecule has 6 nitrogen and oxygen atoms in total. The van der Waals surface area contributed by atoms with Crippen molar-refractivity contribution in [2.75, 3.05) is 13.1 Å². The van der Waals surface area contributed by atoms with E-state index in [1.54, 1.807) is 18.3 Å². The molecular weight excluding hydrogens is 324 g/mol. The molecule has 2 aromatic rings. The molecule has 1 atom stereocenters. The fourth-order valence-corrected chi connectivity index (χ4v) is 3.21. The predicted molar refractivity (Wildman–Crippen MR) is 97.4 cm³/mol. The summed E-state index contributed by atoms with van der Waals surface area (Å²) in [5.74, 6) is 2.20. The van der Waals surface area contributed by atoms with Gasteiger partial charge in [0.1, 0.15) is 17.1 Å². The van der Waals surface area contributed by atoms with Crippen LogP contribution < -0.4 is 10.6 Å². The lowest BCUT2D eigenvalue weighted by molar-refractivity contribution is 0.0601. The first-order valence-corrected chi connectivity index (χ1v) is 8.87. The molecule has 24 heavy (non-hydrogen) atoms. The minimum Gasteiger partial charge on any atom is -0.466 e. The second-order valence-electron chi connectivity index (χ2n) is 6.00. The van der Waals surface area contributed by atoms with Gasteiger partial charge in [0.05, 0.1) is 18.1 Å². The average Bonchev–Trinajstić information content (AvgIpc) is 3.07. The number of rotatable bonds is 6. The number of nitrogens with one attached hydrogen (secondary N) is 2. The smallest absolute Gasteiger partial charge is 0.191 e. The van der Waals surface area contributed by atoms with Gasteiger partial charge in [0, 0.05) is 23.2 Å². The Kier molecular flexibility index (Phi) is 6.01. The topological polar surface area (TPSA) is 82.7 Å². The van der Waals surface area contributed by atoms with Crippen LogP contribution >= 0.6 is 11.3 Å². The van der Waals surface area contributed by atoms with Gasteiger partial charge in [-0.2, -0.15) is 0 Å². The predicted octanol–water partition coefficient (Wildman–Crippen LogP) is 2.62. The van der Waals surface area contributed by atoms with Crippen molar-refractivity contribution < 1.29 is 9.52 Å². The number of hydrogen-bond acceptors (Lipinski definition) is 5. The molecule has 0 saturated heterocycles. The molecule has 0 amide bonds. The molecule has 0 saturated carbocycles. The van der Waals surface area contributed by atoms with E-state index >= 15 is 0 Å². The highest BCUT2D eigenvalue weighted by molar-refractivity contribution is 7.11. The molecule has 2 aromatic heterocycles. The van der Waals surface area contributed by atoms with E-state index in [0.29, 0.717) is 19.0 Å². The third kappa shape index (κ3) is 4.82. The molecular formula is C17H26N4O2S. The van der Waals surface area contributed by atoms with Gasteiger partial charge < -0.3 is 20.2 Å². The number of aliphatic hydroxyl groups is 1. The van der Waals surface area contributed by atoms with Crippen LogP contribution in [0.25, 0.3) is 0 Å². The zero-order valence-electron chi connectivity index (χ0n) is 14.9. The summed E-state index contributed by atoms with van der Waals surface area (Å²) in [5, 5.41) is 18.2. The molecule has 3 N–H and O–H groups in total. The molecule has 0 spiro atoms. The summed E-state index contributed by atoms with van der Waals surface area (Å²) in [4.78, 5) is 9.90. The Morgan fingerprint density at radius 2 is 2.12 bits per heavy atom. The fourth-order valence-electron chi connectivity index (χ4n) is 2.49. The van der Waals surface area contributed by atoms with Crippen molar-refractivity contribution in [2.45, 2.75) is 46.8 Å². The monoisotopic (exact) mass is 350 g/mol. The second-order valence-corrected chi connectivity index (χ2v) is 7.31. The standard InChI is InChI=1S/C17H26N4O2S/c1-6-18-16(20-9-14-8-19-13(4)24-14)21-10-17(5,22)15-7-11(2)23-12(15)3/h7-8,22H,6,9-10H2,1-5H3,(H2,18,20,21). The van der Waals surface area contributed by atoms with E-state index < -0.39 is 5.60 Å². The van der Waals surface area contributed by atoms with Gasteiger partial charge in [-0.25, -0.2) is 9.98 Å². The minimum absolute atomic E-state index is 0.334. The second kappa shape index (κ2) is 7.81. The van der Waals surface area contributed by atoms with Gasteiger partial charge in [-0.15, -0.1) is 11.3 Å². The number of aliphatic imine (C=N–C) groups is 1. The van der Waals surface area contributed by atoms with Crippen molar-refractivity contribution in [2.24, 2.45) is 4.99 Å². The van der Waals surface area contributed by atoms with Gasteiger partial charge in [-0.3, -0.25) is 0 Å². The van der Waals surface area contributed by atoms with Crippen molar-refractivity contribution in [3.63, 3.8) is 0 Å². The largest absolute Gasteiger partial charge is 0.466 e. The number of furan rings is 1. The third-order valence-corrected chi connectivity index (χ3v) is 4.53. The quantitative estimate of drug-likeness (QED) is 0.551. The molecule has 2 heterocycles. The third-order valence-electron chi connectivity index (χ3n) is 3.63. The van der Waals surface area contributed by atoms with Crippen molar-refractivity contribution >= 4 is 17.3 Å². The minimum atomic E-state index is -1.04. The van der Waals surface area contributed by atoms with E-state index in [1.165, 1.54) is 0 Å². The number of hydrogen-bond donors (Lipinski definition) is 3. The molecule has 0 aromatic carbocycles. The maximum absolute atomic E-state index is 10.8. The number of nitrogens with zero attached hydrogens (tertiary/aromatic N) is 2. The molecule has 0 aliphatic rings. The Labute approximate surface area is 147 Å². The molecule has 1 unspecified atom stereocenters. The van der Waals surface area contributed by atoms with E-state index in [0.717, 1.165) is 33.5 Å². The molecule has 0 radical (unpaired) electrons. The molecule has 0 fully saturated rings. The van der Waals surface area contributed by atoms with E-state index in [9.17, 15) is 5.11 Å². The molecule has 0 aliphatic heterocycles. The normalized spacial score (nSPS) is 14.5. The maximum Gasteiger partial charge on any atom is 0.191 e. The number of thiazole rings is 1. The lowest BCUT2D eigenvalue weighted by atomic mass is 9.96. The first kappa shape index (κ1) is 18.5. The molecule has 132 valence electrons. The Morgan fingerprint density at radius 1 is 1.38 bits per heavy atom. The zero-order valence-corrected chi connectivity index (χ0v) is 15.8. The van der Waals surface area contributed by atoms with Crippen molar-refractivity contribution in [1.82, 2.24) is 15.6 Å². The Morgan fingerprint density at radius 3 is 2.67 bits per heavy atom. The maximum atomic E-state index is 10.8. The van der Waals surface area contributed by atoms with Gasteiger partial charge >= 0.3 is 0 Å². The van der Waals surface area contributed by atoms with Crippen LogP contribution in [0, 0.1) is 20.8 Å². The molecule has 0 bridgehead atoms. The Hall–Kier alpha value is -1.86. The fraction of sp³-hybridized carbons (Fsp3) is 0.529. The van der Waals surface area contributed by atoms with Gasteiger partial charge in [-0.1, -0.05) is 0 Å². The highest BCUT2D eigenvalue weighted by atomic mass is 32.1. The number of guanidine groups is 1. The number of aromatic nitrogens is 1. The molecule has 0 aliphatic carbocycles. The van der Waals surface area contributed by atoms with Crippen LogP contribution in [0.2, 0.25) is 0 Å². The van der Waals surface area contributed by atoms with Crippen LogP contribution in [0.5, 0.6) is 0 Å². The molecule has 7 heteroatoms. The summed E-state index contributed by atoms with van der Waals surface area (Å²) in [6, 6.07) is 1.88. The highest BCUT2D eigenvalue weighted by Gasteiger charge is 2.27. The summed E-state index contributed by atoms with van der Waals surface area (Å²) in [6.07, 6.45) is 1.85. The Bertz CT molecular complexity index is 703. The van der Waals surface area contributed by atoms with E-state index in [2.05, 4.69) is 20.6 Å². The van der Waals surface area contributed by atoms with Crippen molar-refractivity contribution in [3.8, 4) is 0 Å².